The van der Waals surface area contributed by atoms with Gasteiger partial charge in [0.05, 0.1) is 49.0 Å². The van der Waals surface area contributed by atoms with Crippen molar-refractivity contribution in [3.05, 3.63) is 95.9 Å². The molecule has 4 N–H and O–H groups in total. The van der Waals surface area contributed by atoms with Gasteiger partial charge >= 0.3 is 5.97 Å². The molecule has 1 unspecified atom stereocenters. The number of carbonyl (C=O) groups is 3. The Bertz CT molecular complexity index is 1950. The van der Waals surface area contributed by atoms with E-state index in [0.717, 1.165) is 21.9 Å². The number of nitrogens with zero attached hydrogens (tertiary/aromatic N) is 5. The fourth-order valence-electron chi connectivity index (χ4n) is 5.86. The average Bonchev–Trinajstić information content (AvgIpc) is 3.53. The molecule has 50 heavy (non-hydrogen) atoms. The molecule has 13 nitrogen and oxygen atoms in total. The molecular formula is C36H43N7O6S. The SMILES string of the molecule is CC[C@H](C)[C@@H](CN(CC(=O)NS(=O)(=O)CCC(N)C(=O)O)Cc1cccc2ccccc12)N(C(C)=O)c1cncn1Cc1ccc(C#N)cc1. The number of aromatic nitrogens is 2. The summed E-state index contributed by atoms with van der Waals surface area (Å²) >= 11 is 0. The van der Waals surface area contributed by atoms with Gasteiger partial charge in [-0.15, -0.1) is 0 Å². The third-order valence-corrected chi connectivity index (χ3v) is 10.0. The predicted molar refractivity (Wildman–Crippen MR) is 190 cm³/mol. The molecule has 0 aliphatic rings. The normalized spacial score (nSPS) is 13.4. The molecule has 1 heterocycles. The van der Waals surface area contributed by atoms with E-state index >= 15 is 0 Å². The maximum absolute atomic E-state index is 13.5. The molecule has 0 saturated carbocycles. The molecule has 3 atom stereocenters. The molecule has 0 fully saturated rings. The van der Waals surface area contributed by atoms with Gasteiger partial charge in [-0.3, -0.25) is 28.9 Å². The molecule has 2 amide bonds. The van der Waals surface area contributed by atoms with E-state index in [1.54, 1.807) is 29.6 Å². The highest BCUT2D eigenvalue weighted by molar-refractivity contribution is 7.90. The van der Waals surface area contributed by atoms with E-state index in [1.165, 1.54) is 6.92 Å². The number of benzene rings is 3. The van der Waals surface area contributed by atoms with Crippen molar-refractivity contribution >= 4 is 44.4 Å². The molecule has 0 bridgehead atoms. The first kappa shape index (κ1) is 37.7. The Morgan fingerprint density at radius 3 is 2.44 bits per heavy atom. The zero-order chi connectivity index (χ0) is 36.4. The van der Waals surface area contributed by atoms with E-state index in [-0.39, 0.29) is 37.9 Å². The summed E-state index contributed by atoms with van der Waals surface area (Å²) in [4.78, 5) is 45.8. The molecule has 0 saturated heterocycles. The van der Waals surface area contributed by atoms with Crippen LogP contribution in [0, 0.1) is 17.2 Å². The van der Waals surface area contributed by atoms with E-state index in [1.807, 2.05) is 77.9 Å². The second-order valence-corrected chi connectivity index (χ2v) is 14.3. The highest BCUT2D eigenvalue weighted by Crippen LogP contribution is 2.27. The summed E-state index contributed by atoms with van der Waals surface area (Å²) in [5.74, 6) is -2.50. The number of carbonyl (C=O) groups excluding carboxylic acids is 2. The Morgan fingerprint density at radius 1 is 1.08 bits per heavy atom. The van der Waals surface area contributed by atoms with Crippen LogP contribution in [0.2, 0.25) is 0 Å². The van der Waals surface area contributed by atoms with E-state index in [4.69, 9.17) is 10.8 Å². The molecular weight excluding hydrogens is 659 g/mol. The van der Waals surface area contributed by atoms with Crippen LogP contribution < -0.4 is 15.4 Å². The second-order valence-electron chi connectivity index (χ2n) is 12.4. The van der Waals surface area contributed by atoms with Crippen molar-refractivity contribution in [3.63, 3.8) is 0 Å². The van der Waals surface area contributed by atoms with E-state index < -0.39 is 39.7 Å². The topological polar surface area (TPSA) is 192 Å². The Kier molecular flexibility index (Phi) is 12.8. The van der Waals surface area contributed by atoms with Crippen molar-refractivity contribution in [2.45, 2.75) is 58.8 Å². The average molecular weight is 702 g/mol. The number of rotatable bonds is 17. The van der Waals surface area contributed by atoms with Crippen molar-refractivity contribution in [3.8, 4) is 6.07 Å². The van der Waals surface area contributed by atoms with Crippen molar-refractivity contribution in [1.29, 1.82) is 5.26 Å². The van der Waals surface area contributed by atoms with Gasteiger partial charge in [0, 0.05) is 20.0 Å². The van der Waals surface area contributed by atoms with Gasteiger partial charge in [-0.25, -0.2) is 13.4 Å². The van der Waals surface area contributed by atoms with Crippen LogP contribution in [0.3, 0.4) is 0 Å². The third-order valence-electron chi connectivity index (χ3n) is 8.72. The second kappa shape index (κ2) is 17.0. The third kappa shape index (κ3) is 9.97. The number of carboxylic acid groups (broad SMARTS) is 1. The van der Waals surface area contributed by atoms with Gasteiger partial charge in [0.25, 0.3) is 0 Å². The lowest BCUT2D eigenvalue weighted by Crippen LogP contribution is -2.52. The minimum Gasteiger partial charge on any atom is -0.480 e. The Morgan fingerprint density at radius 2 is 1.78 bits per heavy atom. The number of nitriles is 1. The van der Waals surface area contributed by atoms with Crippen LogP contribution in [-0.4, -0.2) is 76.7 Å². The summed E-state index contributed by atoms with van der Waals surface area (Å²) in [5, 5.41) is 20.2. The molecule has 264 valence electrons. The van der Waals surface area contributed by atoms with Gasteiger partial charge in [-0.05, 0) is 46.4 Å². The number of imidazole rings is 1. The summed E-state index contributed by atoms with van der Waals surface area (Å²) in [6, 6.07) is 21.1. The number of carboxylic acids is 1. The molecule has 0 spiro atoms. The molecule has 0 radical (unpaired) electrons. The first-order chi connectivity index (χ1) is 23.8. The highest BCUT2D eigenvalue weighted by Gasteiger charge is 2.32. The van der Waals surface area contributed by atoms with Crippen LogP contribution in [0.25, 0.3) is 10.8 Å². The smallest absolute Gasteiger partial charge is 0.320 e. The van der Waals surface area contributed by atoms with E-state index in [0.29, 0.717) is 24.3 Å². The van der Waals surface area contributed by atoms with Crippen LogP contribution in [0.15, 0.2) is 79.3 Å². The quantitative estimate of drug-likeness (QED) is 0.147. The van der Waals surface area contributed by atoms with Crippen LogP contribution in [0.5, 0.6) is 0 Å². The number of hydrogen-bond acceptors (Lipinski definition) is 9. The Balaban J connectivity index is 1.67. The fraction of sp³-hybridized carbons (Fsp3) is 0.361. The molecule has 0 aliphatic heterocycles. The number of aliphatic carboxylic acids is 1. The number of nitrogens with two attached hydrogens (primary N) is 1. The molecule has 4 aromatic rings. The molecule has 4 rings (SSSR count). The number of fused-ring (bicyclic) bond motifs is 1. The lowest BCUT2D eigenvalue weighted by molar-refractivity contribution is -0.138. The lowest BCUT2D eigenvalue weighted by atomic mass is 9.96. The van der Waals surface area contributed by atoms with Gasteiger partial charge in [0.1, 0.15) is 11.9 Å². The summed E-state index contributed by atoms with van der Waals surface area (Å²) < 4.78 is 29.4. The van der Waals surface area contributed by atoms with Gasteiger partial charge in [0.15, 0.2) is 0 Å². The van der Waals surface area contributed by atoms with Gasteiger partial charge in [-0.1, -0.05) is 74.9 Å². The number of nitrogens with one attached hydrogen (secondary N) is 1. The zero-order valence-electron chi connectivity index (χ0n) is 28.4. The minimum atomic E-state index is -4.18. The number of amides is 2. The molecule has 3 aromatic carbocycles. The first-order valence-corrected chi connectivity index (χ1v) is 18.0. The molecule has 1 aromatic heterocycles. The van der Waals surface area contributed by atoms with Crippen molar-refractivity contribution in [1.82, 2.24) is 19.2 Å². The van der Waals surface area contributed by atoms with Gasteiger partial charge < -0.3 is 15.4 Å². The van der Waals surface area contributed by atoms with Crippen molar-refractivity contribution < 1.29 is 27.9 Å². The summed E-state index contributed by atoms with van der Waals surface area (Å²) in [5.41, 5.74) is 7.84. The molecule has 14 heteroatoms. The monoisotopic (exact) mass is 701 g/mol. The van der Waals surface area contributed by atoms with Crippen LogP contribution >= 0.6 is 0 Å². The van der Waals surface area contributed by atoms with E-state index in [9.17, 15) is 28.1 Å². The predicted octanol–water partition coefficient (Wildman–Crippen LogP) is 3.47. The Hall–Kier alpha value is -5.10. The Labute approximate surface area is 292 Å². The van der Waals surface area contributed by atoms with Crippen molar-refractivity contribution in [2.75, 3.05) is 23.7 Å². The first-order valence-electron chi connectivity index (χ1n) is 16.3. The van der Waals surface area contributed by atoms with Crippen LogP contribution in [0.1, 0.15) is 50.3 Å². The van der Waals surface area contributed by atoms with Gasteiger partial charge in [0.2, 0.25) is 21.8 Å². The van der Waals surface area contributed by atoms with Crippen LogP contribution in [0.4, 0.5) is 5.82 Å². The maximum atomic E-state index is 13.5. The number of sulfonamides is 1. The minimum absolute atomic E-state index is 0.0588. The van der Waals surface area contributed by atoms with Crippen molar-refractivity contribution in [2.24, 2.45) is 11.7 Å². The largest absolute Gasteiger partial charge is 0.480 e. The zero-order valence-corrected chi connectivity index (χ0v) is 29.2. The van der Waals surface area contributed by atoms with E-state index in [2.05, 4.69) is 15.8 Å². The fourth-order valence-corrected chi connectivity index (χ4v) is 6.93. The molecule has 0 aliphatic carbocycles. The van der Waals surface area contributed by atoms with Crippen LogP contribution in [-0.2, 0) is 37.5 Å². The lowest BCUT2D eigenvalue weighted by Gasteiger charge is -2.38. The van der Waals surface area contributed by atoms with Gasteiger partial charge in [-0.2, -0.15) is 5.26 Å². The summed E-state index contributed by atoms with van der Waals surface area (Å²) in [6.45, 7) is 6.05. The summed E-state index contributed by atoms with van der Waals surface area (Å²) in [6.07, 6.45) is 3.60. The number of hydrogen-bond donors (Lipinski definition) is 3. The maximum Gasteiger partial charge on any atom is 0.320 e. The highest BCUT2D eigenvalue weighted by atomic mass is 32.2. The standard InChI is InChI=1S/C36H43N7O6S/c1-4-25(2)33(43(26(3)44)35-19-39-24-42(35)20-28-14-12-27(18-37)13-15-28)22-41(21-30-10-7-9-29-8-5-6-11-31(29)30)23-34(45)40-50(48,49)17-16-32(38)36(46)47/h5-15,19,24-25,32-33H,4,16-17,20-23,38H2,1-3H3,(H,40,45)(H,46,47)/t25-,32?,33+/m0/s1. The number of anilines is 1. The summed E-state index contributed by atoms with van der Waals surface area (Å²) in [7, 11) is -4.18.